The fourth-order valence-electron chi connectivity index (χ4n) is 7.73. The molecule has 14 nitrogen and oxygen atoms in total. The van der Waals surface area contributed by atoms with E-state index in [1.165, 1.54) is 0 Å². The number of benzene rings is 4. The molecule has 12 bridgehead atoms. The van der Waals surface area contributed by atoms with Crippen molar-refractivity contribution in [2.75, 3.05) is 132 Å². The first-order valence-electron chi connectivity index (χ1n) is 21.7. The summed E-state index contributed by atoms with van der Waals surface area (Å²) >= 11 is 0. The maximum absolute atomic E-state index is 11.4. The van der Waals surface area contributed by atoms with Gasteiger partial charge in [0.05, 0.1) is 106 Å². The summed E-state index contributed by atoms with van der Waals surface area (Å²) in [7, 11) is 0. The van der Waals surface area contributed by atoms with Gasteiger partial charge in [-0.3, -0.25) is 0 Å². The Morgan fingerprint density at radius 2 is 0.452 bits per heavy atom. The van der Waals surface area contributed by atoms with E-state index in [0.717, 1.165) is 44.5 Å². The molecule has 0 unspecified atom stereocenters. The second-order valence-corrected chi connectivity index (χ2v) is 15.0. The zero-order valence-corrected chi connectivity index (χ0v) is 35.5. The first kappa shape index (κ1) is 45.4. The summed E-state index contributed by atoms with van der Waals surface area (Å²) in [5.74, 6) is 2.87. The minimum absolute atomic E-state index is 0.113. The molecule has 0 saturated heterocycles. The molecule has 62 heavy (non-hydrogen) atoms. The van der Waals surface area contributed by atoms with Crippen molar-refractivity contribution in [1.29, 1.82) is 0 Å². The number of rotatable bonds is 0. The Kier molecular flexibility index (Phi) is 18.2. The quantitative estimate of drug-likeness (QED) is 0.203. The lowest BCUT2D eigenvalue weighted by Gasteiger charge is -2.23. The van der Waals surface area contributed by atoms with Gasteiger partial charge in [0.2, 0.25) is 0 Å². The Balaban J connectivity index is 1.36. The molecular weight excluding hydrogens is 801 g/mol. The molecule has 0 aromatic heterocycles. The van der Waals surface area contributed by atoms with Crippen LogP contribution in [-0.2, 0) is 63.6 Å². The van der Waals surface area contributed by atoms with Crippen LogP contribution in [0.25, 0.3) is 0 Å². The van der Waals surface area contributed by atoms with Gasteiger partial charge in [-0.1, -0.05) is 36.4 Å². The van der Waals surface area contributed by atoms with Crippen LogP contribution in [0.2, 0.25) is 0 Å². The maximum atomic E-state index is 11.4. The molecule has 1 aliphatic carbocycles. The highest BCUT2D eigenvalue weighted by Gasteiger charge is 2.23. The molecule has 0 spiro atoms. The largest absolute Gasteiger partial charge is 0.508 e. The summed E-state index contributed by atoms with van der Waals surface area (Å²) < 4.78 is 73.0. The van der Waals surface area contributed by atoms with Gasteiger partial charge in [0.25, 0.3) is 0 Å². The first-order chi connectivity index (χ1) is 30.6. The predicted molar refractivity (Wildman–Crippen MR) is 229 cm³/mol. The molecule has 3 aliphatic rings. The molecule has 0 atom stereocenters. The number of hydrogen-bond donors (Lipinski definition) is 2. The van der Waals surface area contributed by atoms with Gasteiger partial charge >= 0.3 is 0 Å². The van der Waals surface area contributed by atoms with Gasteiger partial charge < -0.3 is 67.1 Å². The molecule has 0 amide bonds. The van der Waals surface area contributed by atoms with Gasteiger partial charge in [-0.15, -0.1) is 0 Å². The zero-order valence-electron chi connectivity index (χ0n) is 35.5. The van der Waals surface area contributed by atoms with E-state index in [-0.39, 0.29) is 37.9 Å². The van der Waals surface area contributed by atoms with Crippen LogP contribution >= 0.6 is 0 Å². The normalized spacial score (nSPS) is 18.8. The number of hydrogen-bond acceptors (Lipinski definition) is 14. The molecule has 0 saturated carbocycles. The van der Waals surface area contributed by atoms with Gasteiger partial charge in [-0.25, -0.2) is 0 Å². The van der Waals surface area contributed by atoms with E-state index in [1.807, 2.05) is 36.4 Å². The lowest BCUT2D eigenvalue weighted by molar-refractivity contribution is -0.00706. The van der Waals surface area contributed by atoms with Crippen molar-refractivity contribution in [3.63, 3.8) is 0 Å². The molecular formula is C48H60O14. The van der Waals surface area contributed by atoms with Crippen molar-refractivity contribution in [2.45, 2.75) is 25.7 Å². The molecule has 2 heterocycles. The molecule has 7 rings (SSSR count). The average molecular weight is 861 g/mol. The van der Waals surface area contributed by atoms with Crippen LogP contribution in [0.5, 0.6) is 34.5 Å². The zero-order chi connectivity index (χ0) is 42.6. The topological polar surface area (TPSA) is 151 Å². The van der Waals surface area contributed by atoms with Gasteiger partial charge in [0.15, 0.2) is 0 Å². The standard InChI is InChI=1S/C48H60O14/c49-43-31-39-27-35-3-1-4-36-28-40-32-44(50)34-42-30-38-6-2-5-37(46(38)60-24-20-56-16-12-52-8-7-51-11-15-55-19-23-59-45(35)36)29-41(33-43)47(39)61-25-21-57-17-13-53-9-10-54-14-18-58-22-26-62-48(40)42/h1-6,31-34,49-50H,7-30H2. The van der Waals surface area contributed by atoms with Crippen molar-refractivity contribution in [1.82, 2.24) is 0 Å². The summed E-state index contributed by atoms with van der Waals surface area (Å²) in [5.41, 5.74) is 6.64. The highest BCUT2D eigenvalue weighted by atomic mass is 16.6. The lowest BCUT2D eigenvalue weighted by atomic mass is 9.91. The van der Waals surface area contributed by atoms with E-state index in [2.05, 4.69) is 0 Å². The third-order valence-electron chi connectivity index (χ3n) is 10.5. The third-order valence-corrected chi connectivity index (χ3v) is 10.5. The molecule has 4 aromatic rings. The molecule has 2 N–H and O–H groups in total. The average Bonchev–Trinajstić information content (AvgIpc) is 3.25. The molecule has 0 fully saturated rings. The van der Waals surface area contributed by atoms with Crippen LogP contribution in [0.4, 0.5) is 0 Å². The lowest BCUT2D eigenvalue weighted by Crippen LogP contribution is -2.15. The maximum Gasteiger partial charge on any atom is 0.126 e. The Morgan fingerprint density at radius 1 is 0.258 bits per heavy atom. The number of phenolic OH excluding ortho intramolecular Hbond substituents is 2. The Morgan fingerprint density at radius 3 is 0.677 bits per heavy atom. The van der Waals surface area contributed by atoms with Crippen molar-refractivity contribution in [3.05, 3.63) is 105 Å². The summed E-state index contributed by atoms with van der Waals surface area (Å²) in [5, 5.41) is 22.7. The fraction of sp³-hybridized carbons (Fsp3) is 0.500. The Labute approximate surface area is 363 Å². The van der Waals surface area contributed by atoms with Crippen molar-refractivity contribution in [2.24, 2.45) is 0 Å². The fourth-order valence-corrected chi connectivity index (χ4v) is 7.73. The van der Waals surface area contributed by atoms with E-state index < -0.39 is 0 Å². The van der Waals surface area contributed by atoms with Gasteiger partial charge in [-0.05, 0) is 46.5 Å². The van der Waals surface area contributed by atoms with E-state index in [9.17, 15) is 10.2 Å². The Hall–Kier alpha value is -4.64. The predicted octanol–water partition coefficient (Wildman–Crippen LogP) is 5.45. The second-order valence-electron chi connectivity index (χ2n) is 15.0. The summed E-state index contributed by atoms with van der Waals surface area (Å²) in [6.45, 7) is 7.48. The van der Waals surface area contributed by atoms with Gasteiger partial charge in [0.1, 0.15) is 60.9 Å². The minimum Gasteiger partial charge on any atom is -0.508 e. The van der Waals surface area contributed by atoms with Crippen LogP contribution < -0.4 is 18.9 Å². The molecule has 4 aromatic carbocycles. The smallest absolute Gasteiger partial charge is 0.126 e. The second kappa shape index (κ2) is 24.9. The number of ether oxygens (including phenoxy) is 12. The van der Waals surface area contributed by atoms with Gasteiger partial charge in [-0.2, -0.15) is 0 Å². The van der Waals surface area contributed by atoms with E-state index in [1.54, 1.807) is 24.3 Å². The highest BCUT2D eigenvalue weighted by molar-refractivity contribution is 5.58. The van der Waals surface area contributed by atoms with E-state index >= 15 is 0 Å². The number of para-hydroxylation sites is 2. The summed E-state index contributed by atoms with van der Waals surface area (Å²) in [6.07, 6.45) is 1.50. The summed E-state index contributed by atoms with van der Waals surface area (Å²) in [6, 6.07) is 19.1. The monoisotopic (exact) mass is 860 g/mol. The van der Waals surface area contributed by atoms with E-state index in [4.69, 9.17) is 56.8 Å². The van der Waals surface area contributed by atoms with Crippen LogP contribution in [-0.4, -0.2) is 142 Å². The van der Waals surface area contributed by atoms with Crippen LogP contribution in [0.1, 0.15) is 44.5 Å². The molecule has 336 valence electrons. The Bertz CT molecular complexity index is 1750. The minimum atomic E-state index is 0.113. The molecule has 14 heteroatoms. The van der Waals surface area contributed by atoms with Crippen molar-refractivity contribution < 1.29 is 67.1 Å². The van der Waals surface area contributed by atoms with Crippen molar-refractivity contribution >= 4 is 0 Å². The van der Waals surface area contributed by atoms with E-state index in [0.29, 0.717) is 154 Å². The van der Waals surface area contributed by atoms with Crippen molar-refractivity contribution in [3.8, 4) is 34.5 Å². The number of aromatic hydroxyl groups is 2. The van der Waals surface area contributed by atoms with Crippen LogP contribution in [0.3, 0.4) is 0 Å². The molecule has 0 radical (unpaired) electrons. The molecule has 2 aliphatic heterocycles. The van der Waals surface area contributed by atoms with Crippen LogP contribution in [0.15, 0.2) is 60.7 Å². The van der Waals surface area contributed by atoms with Crippen LogP contribution in [0, 0.1) is 0 Å². The number of phenols is 2. The highest BCUT2D eigenvalue weighted by Crippen LogP contribution is 2.41. The SMILES string of the molecule is Oc1cc2c3c(c1)Cc1cccc4c1OCCOCCOCCOCCOCCOc1c(cccc1Cc1cc(O)cc(c1OCCOCCOCCOCCOCCO3)C4)C2. The first-order valence-corrected chi connectivity index (χ1v) is 21.7. The van der Waals surface area contributed by atoms with Gasteiger partial charge in [0, 0.05) is 47.9 Å². The third kappa shape index (κ3) is 13.7. The summed E-state index contributed by atoms with van der Waals surface area (Å²) in [4.78, 5) is 0.